The lowest BCUT2D eigenvalue weighted by atomic mass is 9.95. The Morgan fingerprint density at radius 3 is 2.62 bits per heavy atom. The Bertz CT molecular complexity index is 1000. The van der Waals surface area contributed by atoms with Crippen molar-refractivity contribution >= 4 is 18.2 Å². The zero-order valence-corrected chi connectivity index (χ0v) is 20.8. The molecule has 34 heavy (non-hydrogen) atoms. The molecule has 0 aliphatic carbocycles. The Morgan fingerprint density at radius 2 is 1.91 bits per heavy atom. The Hall–Kier alpha value is -2.37. The summed E-state index contributed by atoms with van der Waals surface area (Å²) in [6.07, 6.45) is 3.25. The third-order valence-corrected chi connectivity index (χ3v) is 7.28. The number of aromatic nitrogens is 1. The number of halogens is 1. The smallest absolute Gasteiger partial charge is 0.234 e. The van der Waals surface area contributed by atoms with Gasteiger partial charge in [-0.1, -0.05) is 30.3 Å². The first-order chi connectivity index (χ1) is 16.2. The Kier molecular flexibility index (Phi) is 8.28. The number of likely N-dealkylation sites (N-methyl/N-ethyl adjacent to an activating group) is 1. The SMILES string of the molecule is CN1CCC[C@H]1COc1nc(N2CCNCC2)c2c(c1C#N)CN(Cc1ccccc1)CC2.Cl. The Morgan fingerprint density at radius 1 is 1.12 bits per heavy atom. The summed E-state index contributed by atoms with van der Waals surface area (Å²) in [6.45, 7) is 8.10. The number of anilines is 1. The van der Waals surface area contributed by atoms with Gasteiger partial charge in [0.15, 0.2) is 0 Å². The van der Waals surface area contributed by atoms with E-state index < -0.39 is 0 Å². The summed E-state index contributed by atoms with van der Waals surface area (Å²) < 4.78 is 6.30. The van der Waals surface area contributed by atoms with Crippen molar-refractivity contribution in [3.63, 3.8) is 0 Å². The second kappa shape index (κ2) is 11.4. The molecule has 182 valence electrons. The van der Waals surface area contributed by atoms with Crippen molar-refractivity contribution in [2.45, 2.75) is 38.4 Å². The number of likely N-dealkylation sites (tertiary alicyclic amines) is 1. The number of nitrogens with one attached hydrogen (secondary N) is 1. The van der Waals surface area contributed by atoms with Gasteiger partial charge in [-0.3, -0.25) is 4.90 Å². The van der Waals surface area contributed by atoms with E-state index in [4.69, 9.17) is 9.72 Å². The first kappa shape index (κ1) is 24.7. The van der Waals surface area contributed by atoms with Crippen molar-refractivity contribution in [3.05, 3.63) is 52.6 Å². The minimum atomic E-state index is 0. The minimum absolute atomic E-state index is 0. The van der Waals surface area contributed by atoms with Gasteiger partial charge in [0.05, 0.1) is 0 Å². The van der Waals surface area contributed by atoms with Crippen LogP contribution in [0.5, 0.6) is 5.88 Å². The second-order valence-corrected chi connectivity index (χ2v) is 9.46. The Balaban J connectivity index is 0.00000274. The van der Waals surface area contributed by atoms with E-state index in [9.17, 15) is 5.26 Å². The molecule has 1 aromatic heterocycles. The average Bonchev–Trinajstić information content (AvgIpc) is 3.27. The standard InChI is InChI=1S/C26H34N6O.ClH/c1-30-12-5-8-21(30)19-33-26-23(16-27)24-18-31(17-20-6-3-2-4-7-20)13-9-22(24)25(29-26)32-14-10-28-11-15-32;/h2-4,6-7,21,28H,5,8-15,17-19H2,1H3;1H/t21-;/m0./s1. The molecule has 0 amide bonds. The molecule has 5 rings (SSSR count). The lowest BCUT2D eigenvalue weighted by molar-refractivity contribution is 0.191. The van der Waals surface area contributed by atoms with Crippen molar-refractivity contribution in [3.8, 4) is 11.9 Å². The normalized spacial score (nSPS) is 20.9. The van der Waals surface area contributed by atoms with Gasteiger partial charge in [0.1, 0.15) is 24.1 Å². The molecule has 7 nitrogen and oxygen atoms in total. The van der Waals surface area contributed by atoms with Gasteiger partial charge in [-0.2, -0.15) is 10.2 Å². The number of benzene rings is 1. The molecule has 1 N–H and O–H groups in total. The van der Waals surface area contributed by atoms with Crippen LogP contribution in [0.3, 0.4) is 0 Å². The highest BCUT2D eigenvalue weighted by atomic mass is 35.5. The van der Waals surface area contributed by atoms with E-state index in [2.05, 4.69) is 63.5 Å². The number of hydrogen-bond donors (Lipinski definition) is 1. The zero-order chi connectivity index (χ0) is 22.6. The highest BCUT2D eigenvalue weighted by Crippen LogP contribution is 2.35. The molecule has 0 spiro atoms. The summed E-state index contributed by atoms with van der Waals surface area (Å²) in [6, 6.07) is 13.4. The number of pyridine rings is 1. The first-order valence-electron chi connectivity index (χ1n) is 12.2. The number of rotatable bonds is 6. The second-order valence-electron chi connectivity index (χ2n) is 9.46. The van der Waals surface area contributed by atoms with E-state index in [-0.39, 0.29) is 12.4 Å². The van der Waals surface area contributed by atoms with Gasteiger partial charge in [0.2, 0.25) is 5.88 Å². The van der Waals surface area contributed by atoms with Crippen LogP contribution < -0.4 is 15.0 Å². The van der Waals surface area contributed by atoms with E-state index >= 15 is 0 Å². The number of nitrogens with zero attached hydrogens (tertiary/aromatic N) is 5. The van der Waals surface area contributed by atoms with Crippen LogP contribution >= 0.6 is 12.4 Å². The van der Waals surface area contributed by atoms with Crippen LogP contribution in [0.25, 0.3) is 0 Å². The van der Waals surface area contributed by atoms with E-state index in [1.807, 2.05) is 0 Å². The number of nitriles is 1. The van der Waals surface area contributed by atoms with Crippen LogP contribution in [0, 0.1) is 11.3 Å². The van der Waals surface area contributed by atoms with Gasteiger partial charge >= 0.3 is 0 Å². The predicted molar refractivity (Wildman–Crippen MR) is 137 cm³/mol. The molecular weight excluding hydrogens is 448 g/mol. The monoisotopic (exact) mass is 482 g/mol. The van der Waals surface area contributed by atoms with Crippen LogP contribution in [0.1, 0.15) is 35.1 Å². The number of hydrogen-bond acceptors (Lipinski definition) is 7. The zero-order valence-electron chi connectivity index (χ0n) is 20.0. The molecule has 1 atom stereocenters. The highest BCUT2D eigenvalue weighted by Gasteiger charge is 2.30. The summed E-state index contributed by atoms with van der Waals surface area (Å²) in [5.41, 5.74) is 4.28. The maximum atomic E-state index is 10.2. The molecule has 2 aromatic rings. The molecule has 0 saturated carbocycles. The van der Waals surface area contributed by atoms with Crippen molar-refractivity contribution in [2.24, 2.45) is 0 Å². The fourth-order valence-electron chi connectivity index (χ4n) is 5.34. The van der Waals surface area contributed by atoms with Crippen molar-refractivity contribution in [2.75, 3.05) is 57.8 Å². The molecular formula is C26H35ClN6O. The molecule has 2 fully saturated rings. The molecule has 1 aromatic carbocycles. The van der Waals surface area contributed by atoms with Gasteiger partial charge in [0.25, 0.3) is 0 Å². The molecule has 4 heterocycles. The van der Waals surface area contributed by atoms with E-state index in [1.165, 1.54) is 17.5 Å². The summed E-state index contributed by atoms with van der Waals surface area (Å²) in [5.74, 6) is 1.55. The van der Waals surface area contributed by atoms with Crippen LogP contribution in [0.15, 0.2) is 30.3 Å². The van der Waals surface area contributed by atoms with Crippen molar-refractivity contribution < 1.29 is 4.74 Å². The fourth-order valence-corrected chi connectivity index (χ4v) is 5.34. The maximum Gasteiger partial charge on any atom is 0.234 e. The quantitative estimate of drug-likeness (QED) is 0.679. The lowest BCUT2D eigenvalue weighted by Gasteiger charge is -2.35. The molecule has 3 aliphatic rings. The number of fused-ring (bicyclic) bond motifs is 1. The third-order valence-electron chi connectivity index (χ3n) is 7.28. The van der Waals surface area contributed by atoms with Crippen LogP contribution in [0.4, 0.5) is 5.82 Å². The third kappa shape index (κ3) is 5.31. The van der Waals surface area contributed by atoms with Crippen LogP contribution in [-0.4, -0.2) is 73.7 Å². The summed E-state index contributed by atoms with van der Waals surface area (Å²) in [5, 5.41) is 13.6. The van der Waals surface area contributed by atoms with E-state index in [1.54, 1.807) is 0 Å². The topological polar surface area (TPSA) is 67.7 Å². The Labute approximate surface area is 209 Å². The van der Waals surface area contributed by atoms with Gasteiger partial charge in [-0.05, 0) is 44.0 Å². The number of piperazine rings is 1. The fraction of sp³-hybridized carbons (Fsp3) is 0.538. The minimum Gasteiger partial charge on any atom is -0.475 e. The number of ether oxygens (including phenoxy) is 1. The average molecular weight is 483 g/mol. The molecule has 0 bridgehead atoms. The molecule has 0 radical (unpaired) electrons. The van der Waals surface area contributed by atoms with Gasteiger partial charge < -0.3 is 19.9 Å². The van der Waals surface area contributed by atoms with Crippen molar-refractivity contribution in [1.82, 2.24) is 20.1 Å². The maximum absolute atomic E-state index is 10.2. The van der Waals surface area contributed by atoms with E-state index in [0.717, 1.165) is 76.6 Å². The molecule has 0 unspecified atom stereocenters. The van der Waals surface area contributed by atoms with Gasteiger partial charge in [-0.25, -0.2) is 0 Å². The first-order valence-corrected chi connectivity index (χ1v) is 12.2. The molecule has 2 saturated heterocycles. The summed E-state index contributed by atoms with van der Waals surface area (Å²) in [4.78, 5) is 12.2. The highest BCUT2D eigenvalue weighted by molar-refractivity contribution is 5.85. The van der Waals surface area contributed by atoms with E-state index in [0.29, 0.717) is 24.1 Å². The van der Waals surface area contributed by atoms with Crippen molar-refractivity contribution in [1.29, 1.82) is 5.26 Å². The molecule has 8 heteroatoms. The lowest BCUT2D eigenvalue weighted by Crippen LogP contribution is -2.45. The molecule has 3 aliphatic heterocycles. The van der Waals surface area contributed by atoms with Gasteiger partial charge in [0, 0.05) is 57.4 Å². The predicted octanol–water partition coefficient (Wildman–Crippen LogP) is 2.82. The summed E-state index contributed by atoms with van der Waals surface area (Å²) in [7, 11) is 2.15. The van der Waals surface area contributed by atoms with Gasteiger partial charge in [-0.15, -0.1) is 12.4 Å². The largest absolute Gasteiger partial charge is 0.475 e. The van der Waals surface area contributed by atoms with Crippen LogP contribution in [-0.2, 0) is 19.5 Å². The summed E-state index contributed by atoms with van der Waals surface area (Å²) >= 11 is 0. The van der Waals surface area contributed by atoms with Crippen LogP contribution in [0.2, 0.25) is 0 Å².